The second kappa shape index (κ2) is 4.41. The summed E-state index contributed by atoms with van der Waals surface area (Å²) in [5.41, 5.74) is 1.31. The minimum atomic E-state index is -0.881. The number of anilines is 2. The Labute approximate surface area is 97.7 Å². The number of halogens is 2. The van der Waals surface area contributed by atoms with E-state index in [2.05, 4.69) is 0 Å². The molecule has 88 valence electrons. The Morgan fingerprint density at radius 2 is 1.47 bits per heavy atom. The minimum Gasteiger partial charge on any atom is -0.508 e. The Morgan fingerprint density at radius 3 is 2.06 bits per heavy atom. The summed E-state index contributed by atoms with van der Waals surface area (Å²) in [6, 6.07) is 10.2. The van der Waals surface area contributed by atoms with Crippen LogP contribution in [-0.2, 0) is 0 Å². The molecule has 0 unspecified atom stereocenters. The molecule has 0 atom stereocenters. The zero-order valence-electron chi connectivity index (χ0n) is 9.19. The molecule has 2 aromatic rings. The average Bonchev–Trinajstić information content (AvgIpc) is 2.33. The highest BCUT2D eigenvalue weighted by Crippen LogP contribution is 2.26. The first kappa shape index (κ1) is 11.4. The highest BCUT2D eigenvalue weighted by Gasteiger charge is 2.07. The summed E-state index contributed by atoms with van der Waals surface area (Å²) in [6.45, 7) is 0. The van der Waals surface area contributed by atoms with Gasteiger partial charge in [0.25, 0.3) is 0 Å². The van der Waals surface area contributed by atoms with Crippen molar-refractivity contribution in [3.8, 4) is 5.75 Å². The molecule has 0 amide bonds. The number of phenolic OH excluding ortho intramolecular Hbond substituents is 1. The van der Waals surface area contributed by atoms with Crippen LogP contribution in [0.5, 0.6) is 5.75 Å². The van der Waals surface area contributed by atoms with Gasteiger partial charge in [0.15, 0.2) is 11.6 Å². The van der Waals surface area contributed by atoms with Crippen LogP contribution in [0.4, 0.5) is 20.2 Å². The maximum atomic E-state index is 13.1. The van der Waals surface area contributed by atoms with Gasteiger partial charge in [-0.2, -0.15) is 0 Å². The van der Waals surface area contributed by atoms with Crippen molar-refractivity contribution in [1.29, 1.82) is 0 Å². The normalized spacial score (nSPS) is 10.3. The van der Waals surface area contributed by atoms with Crippen LogP contribution < -0.4 is 4.90 Å². The van der Waals surface area contributed by atoms with Crippen molar-refractivity contribution in [3.05, 3.63) is 54.1 Å². The number of rotatable bonds is 2. The van der Waals surface area contributed by atoms with E-state index in [-0.39, 0.29) is 5.75 Å². The molecule has 0 saturated carbocycles. The number of benzene rings is 2. The SMILES string of the molecule is CN(c1ccc(O)cc1)c1ccc(F)c(F)c1. The van der Waals surface area contributed by atoms with E-state index in [0.29, 0.717) is 5.69 Å². The molecule has 0 aliphatic rings. The zero-order chi connectivity index (χ0) is 12.4. The summed E-state index contributed by atoms with van der Waals surface area (Å²) in [6.07, 6.45) is 0. The lowest BCUT2D eigenvalue weighted by molar-refractivity contribution is 0.475. The molecule has 0 aromatic heterocycles. The summed E-state index contributed by atoms with van der Waals surface area (Å²) >= 11 is 0. The summed E-state index contributed by atoms with van der Waals surface area (Å²) < 4.78 is 25.9. The van der Waals surface area contributed by atoms with Crippen LogP contribution >= 0.6 is 0 Å². The molecular formula is C13H11F2NO. The molecule has 0 aliphatic heterocycles. The molecule has 0 saturated heterocycles. The lowest BCUT2D eigenvalue weighted by Gasteiger charge is -2.19. The summed E-state index contributed by atoms with van der Waals surface area (Å²) in [5, 5.41) is 9.16. The molecule has 0 bridgehead atoms. The van der Waals surface area contributed by atoms with Gasteiger partial charge >= 0.3 is 0 Å². The van der Waals surface area contributed by atoms with Crippen molar-refractivity contribution < 1.29 is 13.9 Å². The largest absolute Gasteiger partial charge is 0.508 e. The summed E-state index contributed by atoms with van der Waals surface area (Å²) in [7, 11) is 1.74. The Kier molecular flexibility index (Phi) is 2.95. The second-order valence-corrected chi connectivity index (χ2v) is 3.67. The van der Waals surface area contributed by atoms with Gasteiger partial charge in [0, 0.05) is 24.5 Å². The van der Waals surface area contributed by atoms with Crippen molar-refractivity contribution in [1.82, 2.24) is 0 Å². The Hall–Kier alpha value is -2.10. The van der Waals surface area contributed by atoms with Gasteiger partial charge in [-0.15, -0.1) is 0 Å². The molecule has 0 spiro atoms. The van der Waals surface area contributed by atoms with Gasteiger partial charge in [-0.25, -0.2) is 8.78 Å². The molecule has 2 rings (SSSR count). The number of hydrogen-bond acceptors (Lipinski definition) is 2. The molecular weight excluding hydrogens is 224 g/mol. The van der Waals surface area contributed by atoms with Crippen LogP contribution in [0, 0.1) is 11.6 Å². The van der Waals surface area contributed by atoms with Gasteiger partial charge in [-0.3, -0.25) is 0 Å². The van der Waals surface area contributed by atoms with Crippen molar-refractivity contribution in [2.45, 2.75) is 0 Å². The van der Waals surface area contributed by atoms with Crippen molar-refractivity contribution in [2.24, 2.45) is 0 Å². The lowest BCUT2D eigenvalue weighted by atomic mass is 10.2. The van der Waals surface area contributed by atoms with Crippen LogP contribution in [0.15, 0.2) is 42.5 Å². The topological polar surface area (TPSA) is 23.5 Å². The van der Waals surface area contributed by atoms with Crippen LogP contribution in [0.2, 0.25) is 0 Å². The van der Waals surface area contributed by atoms with Gasteiger partial charge in [0.1, 0.15) is 5.75 Å². The van der Waals surface area contributed by atoms with E-state index in [9.17, 15) is 8.78 Å². The standard InChI is InChI=1S/C13H11F2NO/c1-16(9-2-5-11(17)6-3-9)10-4-7-12(14)13(15)8-10/h2-8,17H,1H3. The summed E-state index contributed by atoms with van der Waals surface area (Å²) in [4.78, 5) is 1.70. The highest BCUT2D eigenvalue weighted by atomic mass is 19.2. The van der Waals surface area contributed by atoms with E-state index in [4.69, 9.17) is 5.11 Å². The Balaban J connectivity index is 2.33. The van der Waals surface area contributed by atoms with Crippen LogP contribution in [0.3, 0.4) is 0 Å². The van der Waals surface area contributed by atoms with Crippen LogP contribution in [-0.4, -0.2) is 12.2 Å². The van der Waals surface area contributed by atoms with Crippen molar-refractivity contribution in [3.63, 3.8) is 0 Å². The van der Waals surface area contributed by atoms with Gasteiger partial charge in [0.2, 0.25) is 0 Å². The van der Waals surface area contributed by atoms with E-state index in [0.717, 1.165) is 17.8 Å². The van der Waals surface area contributed by atoms with Gasteiger partial charge < -0.3 is 10.0 Å². The summed E-state index contributed by atoms with van der Waals surface area (Å²) in [5.74, 6) is -1.59. The van der Waals surface area contributed by atoms with Crippen molar-refractivity contribution in [2.75, 3.05) is 11.9 Å². The fourth-order valence-electron chi connectivity index (χ4n) is 1.52. The van der Waals surface area contributed by atoms with E-state index in [1.807, 2.05) is 0 Å². The third-order valence-corrected chi connectivity index (χ3v) is 2.53. The average molecular weight is 235 g/mol. The number of hydrogen-bond donors (Lipinski definition) is 1. The van der Waals surface area contributed by atoms with Crippen LogP contribution in [0.1, 0.15) is 0 Å². The Morgan fingerprint density at radius 1 is 0.882 bits per heavy atom. The second-order valence-electron chi connectivity index (χ2n) is 3.67. The zero-order valence-corrected chi connectivity index (χ0v) is 9.19. The monoisotopic (exact) mass is 235 g/mol. The quantitative estimate of drug-likeness (QED) is 0.861. The molecule has 0 fully saturated rings. The van der Waals surface area contributed by atoms with Gasteiger partial charge in [0.05, 0.1) is 0 Å². The van der Waals surface area contributed by atoms with Crippen molar-refractivity contribution >= 4 is 11.4 Å². The molecule has 4 heteroatoms. The molecule has 2 nitrogen and oxygen atoms in total. The van der Waals surface area contributed by atoms with E-state index in [1.54, 1.807) is 24.1 Å². The number of nitrogens with zero attached hydrogens (tertiary/aromatic N) is 1. The van der Waals surface area contributed by atoms with Gasteiger partial charge in [-0.05, 0) is 36.4 Å². The maximum absolute atomic E-state index is 13.1. The fraction of sp³-hybridized carbons (Fsp3) is 0.0769. The van der Waals surface area contributed by atoms with E-state index >= 15 is 0 Å². The molecule has 0 radical (unpaired) electrons. The Bertz CT molecular complexity index is 525. The minimum absolute atomic E-state index is 0.160. The smallest absolute Gasteiger partial charge is 0.160 e. The number of phenols is 1. The first-order valence-electron chi connectivity index (χ1n) is 5.06. The first-order chi connectivity index (χ1) is 8.08. The van der Waals surface area contributed by atoms with E-state index < -0.39 is 11.6 Å². The lowest BCUT2D eigenvalue weighted by Crippen LogP contribution is -2.09. The molecule has 0 aliphatic carbocycles. The molecule has 17 heavy (non-hydrogen) atoms. The van der Waals surface area contributed by atoms with Crippen LogP contribution in [0.25, 0.3) is 0 Å². The fourth-order valence-corrected chi connectivity index (χ4v) is 1.52. The molecule has 2 aromatic carbocycles. The molecule has 0 heterocycles. The first-order valence-corrected chi connectivity index (χ1v) is 5.06. The number of aromatic hydroxyl groups is 1. The molecule has 1 N–H and O–H groups in total. The predicted octanol–water partition coefficient (Wildman–Crippen LogP) is 3.44. The van der Waals surface area contributed by atoms with E-state index in [1.165, 1.54) is 18.2 Å². The van der Waals surface area contributed by atoms with Gasteiger partial charge in [-0.1, -0.05) is 0 Å². The third kappa shape index (κ3) is 2.36. The maximum Gasteiger partial charge on any atom is 0.160 e. The predicted molar refractivity (Wildman–Crippen MR) is 62.5 cm³/mol. The third-order valence-electron chi connectivity index (χ3n) is 2.53. The highest BCUT2D eigenvalue weighted by molar-refractivity contribution is 5.62.